The van der Waals surface area contributed by atoms with E-state index in [0.29, 0.717) is 18.6 Å². The third-order valence-corrected chi connectivity index (χ3v) is 3.66. The van der Waals surface area contributed by atoms with Crippen LogP contribution in [0, 0.1) is 0 Å². The van der Waals surface area contributed by atoms with Gasteiger partial charge >= 0.3 is 0 Å². The first-order valence-electron chi connectivity index (χ1n) is 5.92. The van der Waals surface area contributed by atoms with Crippen LogP contribution in [0.4, 0.5) is 0 Å². The highest BCUT2D eigenvalue weighted by Crippen LogP contribution is 2.41. The molecule has 1 fully saturated rings. The molecule has 5 heteroatoms. The molecule has 1 aromatic rings. The number of methoxy groups -OCH3 is 2. The van der Waals surface area contributed by atoms with Crippen LogP contribution in [0.2, 0.25) is 0 Å². The Kier molecular flexibility index (Phi) is 3.40. The maximum atomic E-state index is 10.7. The summed E-state index contributed by atoms with van der Waals surface area (Å²) in [5, 5.41) is 14.9. The molecule has 0 bridgehead atoms. The SMILES string of the molecule is COc1cnn(C)c1C1(O)CCC(OC)CC1. The van der Waals surface area contributed by atoms with Crippen LogP contribution in [0.5, 0.6) is 5.75 Å². The van der Waals surface area contributed by atoms with Gasteiger partial charge < -0.3 is 14.6 Å². The number of hydrogen-bond donors (Lipinski definition) is 1. The van der Waals surface area contributed by atoms with Crippen LogP contribution in [-0.2, 0) is 17.4 Å². The summed E-state index contributed by atoms with van der Waals surface area (Å²) >= 11 is 0. The van der Waals surface area contributed by atoms with Crippen LogP contribution in [0.15, 0.2) is 6.20 Å². The van der Waals surface area contributed by atoms with Crippen molar-refractivity contribution in [2.75, 3.05) is 14.2 Å². The van der Waals surface area contributed by atoms with E-state index in [1.165, 1.54) is 0 Å². The van der Waals surface area contributed by atoms with Gasteiger partial charge in [0.15, 0.2) is 5.75 Å². The average Bonchev–Trinajstić information content (AvgIpc) is 2.72. The van der Waals surface area contributed by atoms with E-state index >= 15 is 0 Å². The third kappa shape index (κ3) is 2.17. The van der Waals surface area contributed by atoms with Crippen LogP contribution >= 0.6 is 0 Å². The van der Waals surface area contributed by atoms with Gasteiger partial charge in [-0.25, -0.2) is 0 Å². The minimum Gasteiger partial charge on any atom is -0.493 e. The molecule has 0 spiro atoms. The van der Waals surface area contributed by atoms with Crippen LogP contribution in [0.1, 0.15) is 31.4 Å². The Bertz CT molecular complexity index is 381. The molecular weight excluding hydrogens is 220 g/mol. The van der Waals surface area contributed by atoms with E-state index in [1.807, 2.05) is 7.05 Å². The molecule has 2 rings (SSSR count). The molecule has 1 N–H and O–H groups in total. The van der Waals surface area contributed by atoms with Gasteiger partial charge in [0, 0.05) is 14.2 Å². The van der Waals surface area contributed by atoms with Crippen molar-refractivity contribution in [2.45, 2.75) is 37.4 Å². The molecule has 0 radical (unpaired) electrons. The van der Waals surface area contributed by atoms with Crippen molar-refractivity contribution in [3.05, 3.63) is 11.9 Å². The maximum absolute atomic E-state index is 10.7. The summed E-state index contributed by atoms with van der Waals surface area (Å²) in [5.41, 5.74) is -0.0689. The lowest BCUT2D eigenvalue weighted by Gasteiger charge is -2.35. The van der Waals surface area contributed by atoms with E-state index in [-0.39, 0.29) is 6.10 Å². The van der Waals surface area contributed by atoms with E-state index in [2.05, 4.69) is 5.10 Å². The van der Waals surface area contributed by atoms with Crippen LogP contribution in [0.3, 0.4) is 0 Å². The molecule has 1 saturated carbocycles. The first-order chi connectivity index (χ1) is 8.10. The van der Waals surface area contributed by atoms with Gasteiger partial charge in [0.2, 0.25) is 0 Å². The number of aliphatic hydroxyl groups is 1. The molecule has 0 saturated heterocycles. The molecule has 0 aromatic carbocycles. The highest BCUT2D eigenvalue weighted by atomic mass is 16.5. The number of rotatable bonds is 3. The van der Waals surface area contributed by atoms with E-state index in [1.54, 1.807) is 25.1 Å². The van der Waals surface area contributed by atoms with Gasteiger partial charge in [-0.1, -0.05) is 0 Å². The summed E-state index contributed by atoms with van der Waals surface area (Å²) in [6, 6.07) is 0. The van der Waals surface area contributed by atoms with E-state index in [4.69, 9.17) is 9.47 Å². The molecule has 1 heterocycles. The largest absolute Gasteiger partial charge is 0.493 e. The normalized spacial score (nSPS) is 29.3. The fourth-order valence-electron chi connectivity index (χ4n) is 2.64. The fourth-order valence-corrected chi connectivity index (χ4v) is 2.64. The minimum absolute atomic E-state index is 0.259. The molecule has 17 heavy (non-hydrogen) atoms. The van der Waals surface area contributed by atoms with E-state index < -0.39 is 5.60 Å². The highest BCUT2D eigenvalue weighted by molar-refractivity contribution is 5.31. The zero-order valence-electron chi connectivity index (χ0n) is 10.6. The predicted molar refractivity (Wildman–Crippen MR) is 62.9 cm³/mol. The van der Waals surface area contributed by atoms with Gasteiger partial charge in [-0.3, -0.25) is 4.68 Å². The summed E-state index contributed by atoms with van der Waals surface area (Å²) in [5.74, 6) is 0.658. The zero-order chi connectivity index (χ0) is 12.5. The maximum Gasteiger partial charge on any atom is 0.162 e. The lowest BCUT2D eigenvalue weighted by Crippen LogP contribution is -2.36. The Hall–Kier alpha value is -1.07. The molecule has 0 amide bonds. The fraction of sp³-hybridized carbons (Fsp3) is 0.750. The molecule has 5 nitrogen and oxygen atoms in total. The summed E-state index contributed by atoms with van der Waals surface area (Å²) in [6.45, 7) is 0. The molecule has 1 aliphatic rings. The van der Waals surface area contributed by atoms with Crippen molar-refractivity contribution in [2.24, 2.45) is 7.05 Å². The van der Waals surface area contributed by atoms with Crippen molar-refractivity contribution in [3.8, 4) is 5.75 Å². The van der Waals surface area contributed by atoms with Gasteiger partial charge in [0.25, 0.3) is 0 Å². The second-order valence-corrected chi connectivity index (χ2v) is 4.65. The van der Waals surface area contributed by atoms with Crippen molar-refractivity contribution in [3.63, 3.8) is 0 Å². The molecule has 1 aromatic heterocycles. The van der Waals surface area contributed by atoms with Crippen LogP contribution < -0.4 is 4.74 Å². The van der Waals surface area contributed by atoms with Crippen molar-refractivity contribution in [1.82, 2.24) is 9.78 Å². The topological polar surface area (TPSA) is 56.5 Å². The van der Waals surface area contributed by atoms with Gasteiger partial charge in [0.1, 0.15) is 11.3 Å². The predicted octanol–water partition coefficient (Wildman–Crippen LogP) is 1.21. The Morgan fingerprint density at radius 2 is 2.06 bits per heavy atom. The lowest BCUT2D eigenvalue weighted by atomic mass is 9.80. The van der Waals surface area contributed by atoms with Crippen molar-refractivity contribution < 1.29 is 14.6 Å². The quantitative estimate of drug-likeness (QED) is 0.862. The third-order valence-electron chi connectivity index (χ3n) is 3.66. The Morgan fingerprint density at radius 3 is 2.59 bits per heavy atom. The first-order valence-corrected chi connectivity index (χ1v) is 5.92. The smallest absolute Gasteiger partial charge is 0.162 e. The number of nitrogens with zero attached hydrogens (tertiary/aromatic N) is 2. The minimum atomic E-state index is -0.842. The van der Waals surface area contributed by atoms with Gasteiger partial charge in [-0.2, -0.15) is 5.10 Å². The molecule has 1 aliphatic carbocycles. The van der Waals surface area contributed by atoms with Gasteiger partial charge in [0.05, 0.1) is 19.4 Å². The molecule has 96 valence electrons. The summed E-state index contributed by atoms with van der Waals surface area (Å²) < 4.78 is 12.3. The van der Waals surface area contributed by atoms with Gasteiger partial charge in [-0.15, -0.1) is 0 Å². The summed E-state index contributed by atoms with van der Waals surface area (Å²) in [7, 11) is 5.16. The number of aromatic nitrogens is 2. The van der Waals surface area contributed by atoms with Crippen LogP contribution in [0.25, 0.3) is 0 Å². The first kappa shape index (κ1) is 12.4. The second-order valence-electron chi connectivity index (χ2n) is 4.65. The monoisotopic (exact) mass is 240 g/mol. The zero-order valence-corrected chi connectivity index (χ0v) is 10.6. The summed E-state index contributed by atoms with van der Waals surface area (Å²) in [4.78, 5) is 0. The molecular formula is C12H20N2O3. The van der Waals surface area contributed by atoms with Crippen molar-refractivity contribution >= 4 is 0 Å². The second kappa shape index (κ2) is 4.66. The Morgan fingerprint density at radius 1 is 1.41 bits per heavy atom. The molecule has 0 unspecified atom stereocenters. The summed E-state index contributed by atoms with van der Waals surface area (Å²) in [6.07, 6.45) is 5.00. The standard InChI is InChI=1S/C12H20N2O3/c1-14-11(10(17-3)8-13-14)12(15)6-4-9(16-2)5-7-12/h8-9,15H,4-7H2,1-3H3. The number of hydrogen-bond acceptors (Lipinski definition) is 4. The number of ether oxygens (including phenoxy) is 2. The Balaban J connectivity index is 2.24. The van der Waals surface area contributed by atoms with E-state index in [9.17, 15) is 5.11 Å². The number of aryl methyl sites for hydroxylation is 1. The highest BCUT2D eigenvalue weighted by Gasteiger charge is 2.39. The van der Waals surface area contributed by atoms with Gasteiger partial charge in [-0.05, 0) is 25.7 Å². The Labute approximate surface area is 101 Å². The molecule has 0 aliphatic heterocycles. The average molecular weight is 240 g/mol. The lowest BCUT2D eigenvalue weighted by molar-refractivity contribution is -0.0533. The van der Waals surface area contributed by atoms with E-state index in [0.717, 1.165) is 18.5 Å². The molecule has 0 atom stereocenters. The van der Waals surface area contributed by atoms with Crippen molar-refractivity contribution in [1.29, 1.82) is 0 Å². The van der Waals surface area contributed by atoms with Crippen LogP contribution in [-0.4, -0.2) is 35.2 Å².